The minimum atomic E-state index is -0.887. The Kier molecular flexibility index (Phi) is 5.10. The van der Waals surface area contributed by atoms with Gasteiger partial charge in [-0.05, 0) is 48.2 Å². The van der Waals surface area contributed by atoms with Crippen molar-refractivity contribution < 1.29 is 14.3 Å². The molecule has 2 aromatic rings. The smallest absolute Gasteiger partial charge is 0.244 e. The zero-order valence-corrected chi connectivity index (χ0v) is 16.2. The molecule has 0 bridgehead atoms. The summed E-state index contributed by atoms with van der Waals surface area (Å²) in [6.07, 6.45) is 1.41. The average Bonchev–Trinajstić information content (AvgIpc) is 2.99. The summed E-state index contributed by atoms with van der Waals surface area (Å²) >= 11 is 6.09. The standard InChI is InChI=1S/C21H22ClN3O3/c22-16-4-3-15-11-19(26)25(18(15)12-16)13-14-1-5-17(6-2-14)24-20(27)21(23)7-9-28-10-8-21/h1-6,12H,7-11,13,23H2,(H,24,27). The lowest BCUT2D eigenvalue weighted by Crippen LogP contribution is -2.54. The second-order valence-electron chi connectivity index (χ2n) is 7.35. The minimum Gasteiger partial charge on any atom is -0.381 e. The molecule has 0 saturated carbocycles. The molecule has 2 heterocycles. The van der Waals surface area contributed by atoms with E-state index >= 15 is 0 Å². The van der Waals surface area contributed by atoms with Gasteiger partial charge in [0.2, 0.25) is 11.8 Å². The van der Waals surface area contributed by atoms with Gasteiger partial charge in [0.1, 0.15) is 5.54 Å². The molecule has 3 N–H and O–H groups in total. The molecular weight excluding hydrogens is 378 g/mol. The van der Waals surface area contributed by atoms with Gasteiger partial charge in [-0.3, -0.25) is 9.59 Å². The minimum absolute atomic E-state index is 0.0548. The fourth-order valence-corrected chi connectivity index (χ4v) is 3.76. The molecule has 4 rings (SSSR count). The number of rotatable bonds is 4. The number of fused-ring (bicyclic) bond motifs is 1. The Morgan fingerprint density at radius 2 is 1.89 bits per heavy atom. The van der Waals surface area contributed by atoms with Gasteiger partial charge in [0.15, 0.2) is 0 Å². The molecule has 28 heavy (non-hydrogen) atoms. The molecule has 1 saturated heterocycles. The van der Waals surface area contributed by atoms with Crippen LogP contribution in [0.3, 0.4) is 0 Å². The molecule has 2 aliphatic rings. The number of amides is 2. The molecule has 0 atom stereocenters. The van der Waals surface area contributed by atoms with Crippen LogP contribution in [0.1, 0.15) is 24.0 Å². The normalized spacial score (nSPS) is 18.1. The number of carbonyl (C=O) groups excluding carboxylic acids is 2. The molecule has 0 unspecified atom stereocenters. The van der Waals surface area contributed by atoms with Crippen molar-refractivity contribution in [1.29, 1.82) is 0 Å². The van der Waals surface area contributed by atoms with E-state index in [1.54, 1.807) is 11.0 Å². The Bertz CT molecular complexity index is 908. The Balaban J connectivity index is 1.44. The quantitative estimate of drug-likeness (QED) is 0.827. The van der Waals surface area contributed by atoms with Crippen molar-refractivity contribution in [3.8, 4) is 0 Å². The Morgan fingerprint density at radius 3 is 2.61 bits per heavy atom. The van der Waals surface area contributed by atoms with E-state index in [4.69, 9.17) is 22.1 Å². The Labute approximate surface area is 168 Å². The third-order valence-corrected chi connectivity index (χ3v) is 5.61. The van der Waals surface area contributed by atoms with E-state index in [2.05, 4.69) is 5.32 Å². The number of hydrogen-bond acceptors (Lipinski definition) is 4. The first-order valence-corrected chi connectivity index (χ1v) is 9.68. The molecular formula is C21H22ClN3O3. The predicted octanol–water partition coefficient (Wildman–Crippen LogP) is 2.88. The highest BCUT2D eigenvalue weighted by atomic mass is 35.5. The third-order valence-electron chi connectivity index (χ3n) is 5.37. The Hall–Kier alpha value is -2.41. The zero-order valence-electron chi connectivity index (χ0n) is 15.4. The molecule has 2 amide bonds. The highest BCUT2D eigenvalue weighted by Gasteiger charge is 2.36. The van der Waals surface area contributed by atoms with Crippen LogP contribution in [-0.2, 0) is 27.3 Å². The topological polar surface area (TPSA) is 84.7 Å². The van der Waals surface area contributed by atoms with Crippen molar-refractivity contribution in [2.45, 2.75) is 31.3 Å². The van der Waals surface area contributed by atoms with Gasteiger partial charge in [-0.25, -0.2) is 0 Å². The lowest BCUT2D eigenvalue weighted by molar-refractivity contribution is -0.124. The summed E-state index contributed by atoms with van der Waals surface area (Å²) in [6, 6.07) is 13.0. The highest BCUT2D eigenvalue weighted by molar-refractivity contribution is 6.31. The summed E-state index contributed by atoms with van der Waals surface area (Å²) in [6.45, 7) is 1.45. The van der Waals surface area contributed by atoms with Gasteiger partial charge in [0, 0.05) is 29.6 Å². The summed E-state index contributed by atoms with van der Waals surface area (Å²) in [7, 11) is 0. The van der Waals surface area contributed by atoms with Crippen LogP contribution in [0.2, 0.25) is 5.02 Å². The van der Waals surface area contributed by atoms with Crippen LogP contribution in [0, 0.1) is 0 Å². The first-order valence-electron chi connectivity index (χ1n) is 9.30. The fraction of sp³-hybridized carbons (Fsp3) is 0.333. The predicted molar refractivity (Wildman–Crippen MR) is 108 cm³/mol. The van der Waals surface area contributed by atoms with E-state index in [0.717, 1.165) is 16.8 Å². The van der Waals surface area contributed by atoms with Gasteiger partial charge >= 0.3 is 0 Å². The van der Waals surface area contributed by atoms with Gasteiger partial charge in [0.25, 0.3) is 0 Å². The number of halogens is 1. The number of nitrogens with two attached hydrogens (primary N) is 1. The van der Waals surface area contributed by atoms with Crippen molar-refractivity contribution in [2.24, 2.45) is 5.73 Å². The van der Waals surface area contributed by atoms with E-state index in [0.29, 0.717) is 49.7 Å². The summed E-state index contributed by atoms with van der Waals surface area (Å²) in [5.74, 6) is -0.138. The number of hydrogen-bond donors (Lipinski definition) is 2. The number of benzene rings is 2. The van der Waals surface area contributed by atoms with Crippen LogP contribution in [-0.4, -0.2) is 30.6 Å². The number of nitrogens with one attached hydrogen (secondary N) is 1. The molecule has 2 aromatic carbocycles. The second kappa shape index (κ2) is 7.54. The largest absolute Gasteiger partial charge is 0.381 e. The van der Waals surface area contributed by atoms with Crippen LogP contribution in [0.25, 0.3) is 0 Å². The van der Waals surface area contributed by atoms with Crippen molar-refractivity contribution in [2.75, 3.05) is 23.4 Å². The van der Waals surface area contributed by atoms with Gasteiger partial charge in [0.05, 0.1) is 13.0 Å². The van der Waals surface area contributed by atoms with E-state index in [9.17, 15) is 9.59 Å². The molecule has 6 nitrogen and oxygen atoms in total. The van der Waals surface area contributed by atoms with Crippen molar-refractivity contribution in [1.82, 2.24) is 0 Å². The van der Waals surface area contributed by atoms with Gasteiger partial charge in [-0.2, -0.15) is 0 Å². The average molecular weight is 400 g/mol. The molecule has 0 aromatic heterocycles. The summed E-state index contributed by atoms with van der Waals surface area (Å²) < 4.78 is 5.28. The first-order chi connectivity index (χ1) is 13.4. The second-order valence-corrected chi connectivity index (χ2v) is 7.79. The number of ether oxygens (including phenoxy) is 1. The maximum atomic E-state index is 12.5. The van der Waals surface area contributed by atoms with Gasteiger partial charge in [-0.15, -0.1) is 0 Å². The molecule has 1 fully saturated rings. The molecule has 0 spiro atoms. The maximum absolute atomic E-state index is 12.5. The fourth-order valence-electron chi connectivity index (χ4n) is 3.60. The van der Waals surface area contributed by atoms with Crippen LogP contribution in [0.4, 0.5) is 11.4 Å². The zero-order chi connectivity index (χ0) is 19.7. The summed E-state index contributed by atoms with van der Waals surface area (Å²) in [5.41, 5.74) is 8.82. The molecule has 146 valence electrons. The van der Waals surface area contributed by atoms with Crippen molar-refractivity contribution >= 4 is 34.8 Å². The monoisotopic (exact) mass is 399 g/mol. The third kappa shape index (κ3) is 3.76. The van der Waals surface area contributed by atoms with Crippen molar-refractivity contribution in [3.05, 3.63) is 58.6 Å². The number of anilines is 2. The summed E-state index contributed by atoms with van der Waals surface area (Å²) in [4.78, 5) is 26.6. The highest BCUT2D eigenvalue weighted by Crippen LogP contribution is 2.32. The number of carbonyl (C=O) groups is 2. The number of nitrogens with zero attached hydrogens (tertiary/aromatic N) is 1. The van der Waals surface area contributed by atoms with Gasteiger partial charge < -0.3 is 20.7 Å². The van der Waals surface area contributed by atoms with E-state index in [1.165, 1.54) is 0 Å². The Morgan fingerprint density at radius 1 is 1.18 bits per heavy atom. The molecule has 7 heteroatoms. The lowest BCUT2D eigenvalue weighted by atomic mass is 9.90. The summed E-state index contributed by atoms with van der Waals surface area (Å²) in [5, 5.41) is 3.50. The van der Waals surface area contributed by atoms with Gasteiger partial charge in [-0.1, -0.05) is 29.8 Å². The maximum Gasteiger partial charge on any atom is 0.244 e. The van der Waals surface area contributed by atoms with Crippen molar-refractivity contribution in [3.63, 3.8) is 0 Å². The first kappa shape index (κ1) is 18.9. The van der Waals surface area contributed by atoms with E-state index < -0.39 is 5.54 Å². The van der Waals surface area contributed by atoms with Crippen LogP contribution in [0.5, 0.6) is 0 Å². The van der Waals surface area contributed by atoms with Crippen LogP contribution < -0.4 is 16.0 Å². The van der Waals surface area contributed by atoms with Crippen LogP contribution >= 0.6 is 11.6 Å². The molecule has 0 aliphatic carbocycles. The molecule has 0 radical (unpaired) electrons. The van der Waals surface area contributed by atoms with Crippen LogP contribution in [0.15, 0.2) is 42.5 Å². The SMILES string of the molecule is NC1(C(=O)Nc2ccc(CN3C(=O)Cc4ccc(Cl)cc43)cc2)CCOCC1. The van der Waals surface area contributed by atoms with E-state index in [-0.39, 0.29) is 11.8 Å². The lowest BCUT2D eigenvalue weighted by Gasteiger charge is -2.31. The van der Waals surface area contributed by atoms with E-state index in [1.807, 2.05) is 36.4 Å². The molecule has 2 aliphatic heterocycles.